The number of benzene rings is 1. The Balaban J connectivity index is 1.60. The molecule has 0 saturated heterocycles. The van der Waals surface area contributed by atoms with Crippen LogP contribution in [0, 0.1) is 5.92 Å². The molecule has 1 aromatic heterocycles. The largest absolute Gasteiger partial charge is 0.492 e. The number of hydrogen-bond donors (Lipinski definition) is 1. The van der Waals surface area contributed by atoms with Crippen LogP contribution in [-0.4, -0.2) is 12.5 Å². The highest BCUT2D eigenvalue weighted by atomic mass is 16.5. The summed E-state index contributed by atoms with van der Waals surface area (Å²) in [5, 5.41) is 2.91. The zero-order chi connectivity index (χ0) is 13.1. The summed E-state index contributed by atoms with van der Waals surface area (Å²) in [6.45, 7) is 0.932. The van der Waals surface area contributed by atoms with Crippen LogP contribution in [0.5, 0.6) is 5.75 Å². The van der Waals surface area contributed by atoms with Gasteiger partial charge in [0.1, 0.15) is 12.4 Å². The first-order valence-electron chi connectivity index (χ1n) is 6.32. The van der Waals surface area contributed by atoms with Crippen LogP contribution in [0.15, 0.2) is 47.3 Å². The minimum atomic E-state index is -0.123. The van der Waals surface area contributed by atoms with Gasteiger partial charge in [0.25, 0.3) is 0 Å². The van der Waals surface area contributed by atoms with Crippen molar-refractivity contribution >= 4 is 5.91 Å². The number of carbonyl (C=O) groups excluding carboxylic acids is 1. The van der Waals surface area contributed by atoms with E-state index in [2.05, 4.69) is 5.32 Å². The number of ether oxygens (including phenoxy) is 1. The Kier molecular flexibility index (Phi) is 3.23. The van der Waals surface area contributed by atoms with Crippen molar-refractivity contribution < 1.29 is 13.9 Å². The molecule has 3 rings (SSSR count). The first-order chi connectivity index (χ1) is 9.33. The van der Waals surface area contributed by atoms with Gasteiger partial charge < -0.3 is 14.5 Å². The van der Waals surface area contributed by atoms with E-state index < -0.39 is 0 Å². The molecular weight excluding hydrogens is 242 g/mol. The lowest BCUT2D eigenvalue weighted by Gasteiger charge is -2.24. The molecule has 1 aliphatic heterocycles. The maximum absolute atomic E-state index is 12.1. The summed E-state index contributed by atoms with van der Waals surface area (Å²) in [6, 6.07) is 9.69. The predicted molar refractivity (Wildman–Crippen MR) is 69.7 cm³/mol. The van der Waals surface area contributed by atoms with Crippen LogP contribution >= 0.6 is 0 Å². The predicted octanol–water partition coefficient (Wildman–Crippen LogP) is 2.15. The molecule has 1 N–H and O–H groups in total. The van der Waals surface area contributed by atoms with E-state index in [-0.39, 0.29) is 11.8 Å². The Bertz CT molecular complexity index is 563. The summed E-state index contributed by atoms with van der Waals surface area (Å²) < 4.78 is 10.6. The fourth-order valence-electron chi connectivity index (χ4n) is 2.22. The lowest BCUT2D eigenvalue weighted by atomic mass is 9.96. The van der Waals surface area contributed by atoms with Gasteiger partial charge in [-0.2, -0.15) is 0 Å². The van der Waals surface area contributed by atoms with E-state index in [1.165, 1.54) is 0 Å². The number of nitrogens with one attached hydrogen (secondary N) is 1. The minimum absolute atomic E-state index is 0.0238. The first kappa shape index (κ1) is 11.8. The highest BCUT2D eigenvalue weighted by Gasteiger charge is 2.25. The van der Waals surface area contributed by atoms with Crippen molar-refractivity contribution in [3.8, 4) is 5.75 Å². The van der Waals surface area contributed by atoms with Gasteiger partial charge in [0.05, 0.1) is 18.4 Å². The summed E-state index contributed by atoms with van der Waals surface area (Å²) in [4.78, 5) is 12.1. The standard InChI is InChI=1S/C15H15NO3/c17-15(16-8-11-5-6-18-9-11)13-7-12-3-1-2-4-14(12)19-10-13/h1-6,9,13H,7-8,10H2,(H,16,17)/t13-/m0/s1. The molecule has 1 aliphatic rings. The van der Waals surface area contributed by atoms with E-state index in [0.29, 0.717) is 13.2 Å². The van der Waals surface area contributed by atoms with Crippen LogP contribution < -0.4 is 10.1 Å². The van der Waals surface area contributed by atoms with Crippen LogP contribution in [0.2, 0.25) is 0 Å². The lowest BCUT2D eigenvalue weighted by Crippen LogP contribution is -2.36. The number of hydrogen-bond acceptors (Lipinski definition) is 3. The summed E-state index contributed by atoms with van der Waals surface area (Å²) >= 11 is 0. The monoisotopic (exact) mass is 257 g/mol. The smallest absolute Gasteiger partial charge is 0.227 e. The number of rotatable bonds is 3. The van der Waals surface area contributed by atoms with Crippen LogP contribution in [0.4, 0.5) is 0 Å². The number of amides is 1. The van der Waals surface area contributed by atoms with Gasteiger partial charge in [0, 0.05) is 12.1 Å². The highest BCUT2D eigenvalue weighted by Crippen LogP contribution is 2.26. The van der Waals surface area contributed by atoms with Crippen LogP contribution in [-0.2, 0) is 17.8 Å². The van der Waals surface area contributed by atoms with Crippen molar-refractivity contribution in [2.24, 2.45) is 5.92 Å². The Morgan fingerprint density at radius 2 is 2.21 bits per heavy atom. The van der Waals surface area contributed by atoms with Crippen molar-refractivity contribution in [1.82, 2.24) is 5.32 Å². The quantitative estimate of drug-likeness (QED) is 0.916. The Morgan fingerprint density at radius 3 is 3.05 bits per heavy atom. The molecule has 0 unspecified atom stereocenters. The maximum atomic E-state index is 12.1. The highest BCUT2D eigenvalue weighted by molar-refractivity contribution is 5.79. The molecule has 0 fully saturated rings. The van der Waals surface area contributed by atoms with Crippen LogP contribution in [0.25, 0.3) is 0 Å². The fourth-order valence-corrected chi connectivity index (χ4v) is 2.22. The molecule has 1 atom stereocenters. The number of carbonyl (C=O) groups is 1. The van der Waals surface area contributed by atoms with Gasteiger partial charge in [-0.1, -0.05) is 18.2 Å². The molecule has 0 saturated carbocycles. The second-order valence-electron chi connectivity index (χ2n) is 4.67. The zero-order valence-electron chi connectivity index (χ0n) is 10.5. The van der Waals surface area contributed by atoms with Crippen molar-refractivity contribution in [3.05, 3.63) is 54.0 Å². The first-order valence-corrected chi connectivity index (χ1v) is 6.32. The van der Waals surface area contributed by atoms with Crippen molar-refractivity contribution in [2.75, 3.05) is 6.61 Å². The SMILES string of the molecule is O=C(NCc1ccoc1)[C@@H]1COc2ccccc2C1. The normalized spacial score (nSPS) is 17.4. The fraction of sp³-hybridized carbons (Fsp3) is 0.267. The molecule has 2 aromatic rings. The molecule has 1 aromatic carbocycles. The second-order valence-corrected chi connectivity index (χ2v) is 4.67. The van der Waals surface area contributed by atoms with Gasteiger partial charge in [-0.15, -0.1) is 0 Å². The van der Waals surface area contributed by atoms with Gasteiger partial charge in [-0.3, -0.25) is 4.79 Å². The van der Waals surface area contributed by atoms with E-state index >= 15 is 0 Å². The molecule has 1 amide bonds. The van der Waals surface area contributed by atoms with Crippen molar-refractivity contribution in [1.29, 1.82) is 0 Å². The topological polar surface area (TPSA) is 51.5 Å². The van der Waals surface area contributed by atoms with E-state index in [9.17, 15) is 4.79 Å². The minimum Gasteiger partial charge on any atom is -0.492 e. The summed E-state index contributed by atoms with van der Waals surface area (Å²) in [5.74, 6) is 0.791. The molecule has 0 bridgehead atoms. The van der Waals surface area contributed by atoms with Gasteiger partial charge >= 0.3 is 0 Å². The summed E-state index contributed by atoms with van der Waals surface area (Å²) in [5.41, 5.74) is 2.06. The Labute approximate surface area is 111 Å². The van der Waals surface area contributed by atoms with E-state index in [0.717, 1.165) is 23.3 Å². The second kappa shape index (κ2) is 5.18. The summed E-state index contributed by atoms with van der Waals surface area (Å²) in [6.07, 6.45) is 3.96. The average Bonchev–Trinajstić information content (AvgIpc) is 2.97. The Morgan fingerprint density at radius 1 is 1.32 bits per heavy atom. The number of fused-ring (bicyclic) bond motifs is 1. The third-order valence-corrected chi connectivity index (χ3v) is 3.30. The van der Waals surface area contributed by atoms with Crippen molar-refractivity contribution in [2.45, 2.75) is 13.0 Å². The molecule has 2 heterocycles. The van der Waals surface area contributed by atoms with Crippen LogP contribution in [0.1, 0.15) is 11.1 Å². The maximum Gasteiger partial charge on any atom is 0.227 e. The summed E-state index contributed by atoms with van der Waals surface area (Å²) in [7, 11) is 0. The van der Waals surface area contributed by atoms with E-state index in [1.54, 1.807) is 12.5 Å². The molecule has 98 valence electrons. The van der Waals surface area contributed by atoms with Gasteiger partial charge in [0.2, 0.25) is 5.91 Å². The Hall–Kier alpha value is -2.23. The number of para-hydroxylation sites is 1. The lowest BCUT2D eigenvalue weighted by molar-refractivity contribution is -0.126. The van der Waals surface area contributed by atoms with Crippen LogP contribution in [0.3, 0.4) is 0 Å². The van der Waals surface area contributed by atoms with Gasteiger partial charge in [0.15, 0.2) is 0 Å². The molecule has 0 radical (unpaired) electrons. The molecular formula is C15H15NO3. The van der Waals surface area contributed by atoms with Crippen molar-refractivity contribution in [3.63, 3.8) is 0 Å². The average molecular weight is 257 g/mol. The van der Waals surface area contributed by atoms with Gasteiger partial charge in [-0.05, 0) is 24.1 Å². The third-order valence-electron chi connectivity index (χ3n) is 3.30. The van der Waals surface area contributed by atoms with Gasteiger partial charge in [-0.25, -0.2) is 0 Å². The molecule has 4 nitrogen and oxygen atoms in total. The third kappa shape index (κ3) is 2.62. The molecule has 19 heavy (non-hydrogen) atoms. The van der Waals surface area contributed by atoms with E-state index in [4.69, 9.17) is 9.15 Å². The zero-order valence-corrected chi connectivity index (χ0v) is 10.5. The molecule has 4 heteroatoms. The number of furan rings is 1. The van der Waals surface area contributed by atoms with E-state index in [1.807, 2.05) is 30.3 Å². The molecule has 0 aliphatic carbocycles. The molecule has 0 spiro atoms.